The van der Waals surface area contributed by atoms with Crippen molar-refractivity contribution in [2.24, 2.45) is 17.8 Å². The number of hydrogen-bond acceptors (Lipinski definition) is 5. The van der Waals surface area contributed by atoms with Crippen LogP contribution < -0.4 is 0 Å². The van der Waals surface area contributed by atoms with Crippen molar-refractivity contribution < 1.29 is 24.2 Å². The third-order valence-electron chi connectivity index (χ3n) is 5.58. The van der Waals surface area contributed by atoms with Crippen LogP contribution in [0.25, 0.3) is 0 Å². The van der Waals surface area contributed by atoms with E-state index in [1.165, 1.54) is 45.4 Å². The molecule has 1 saturated carbocycles. The molecule has 0 radical (unpaired) electrons. The van der Waals surface area contributed by atoms with Crippen LogP contribution >= 0.6 is 0 Å². The predicted molar refractivity (Wildman–Crippen MR) is 106 cm³/mol. The molecule has 1 N–H and O–H groups in total. The average Bonchev–Trinajstić information content (AvgIpc) is 2.67. The van der Waals surface area contributed by atoms with Gasteiger partial charge >= 0.3 is 11.9 Å². The molecule has 154 valence electrons. The SMILES string of the molecule is C=CC(=O)OCC(COC(=O)C(=C)C(C)O)C1CCC(CCCCC)CC1. The van der Waals surface area contributed by atoms with Gasteiger partial charge < -0.3 is 14.6 Å². The van der Waals surface area contributed by atoms with Crippen LogP contribution in [0.15, 0.2) is 24.8 Å². The topological polar surface area (TPSA) is 72.8 Å². The molecule has 5 nitrogen and oxygen atoms in total. The van der Waals surface area contributed by atoms with Crippen molar-refractivity contribution in [1.82, 2.24) is 0 Å². The summed E-state index contributed by atoms with van der Waals surface area (Å²) in [6.07, 6.45) is 9.80. The van der Waals surface area contributed by atoms with Crippen molar-refractivity contribution in [3.63, 3.8) is 0 Å². The van der Waals surface area contributed by atoms with Gasteiger partial charge in [-0.2, -0.15) is 0 Å². The zero-order valence-corrected chi connectivity index (χ0v) is 17.0. The summed E-state index contributed by atoms with van der Waals surface area (Å²) in [5, 5.41) is 9.45. The van der Waals surface area contributed by atoms with Gasteiger partial charge in [-0.25, -0.2) is 9.59 Å². The summed E-state index contributed by atoms with van der Waals surface area (Å²) in [6.45, 7) is 11.0. The molecular formula is C22H36O5. The molecule has 0 heterocycles. The molecule has 0 amide bonds. The van der Waals surface area contributed by atoms with Crippen LogP contribution in [0.3, 0.4) is 0 Å². The van der Waals surface area contributed by atoms with E-state index in [2.05, 4.69) is 20.1 Å². The number of rotatable bonds is 12. The van der Waals surface area contributed by atoms with Crippen molar-refractivity contribution in [2.45, 2.75) is 71.3 Å². The largest absolute Gasteiger partial charge is 0.462 e. The first-order valence-corrected chi connectivity index (χ1v) is 10.2. The predicted octanol–water partition coefficient (Wildman–Crippen LogP) is 4.20. The molecule has 2 atom stereocenters. The van der Waals surface area contributed by atoms with Gasteiger partial charge in [-0.15, -0.1) is 0 Å². The number of hydrogen-bond donors (Lipinski definition) is 1. The maximum Gasteiger partial charge on any atom is 0.336 e. The van der Waals surface area contributed by atoms with E-state index >= 15 is 0 Å². The van der Waals surface area contributed by atoms with Gasteiger partial charge in [0.2, 0.25) is 0 Å². The third-order valence-corrected chi connectivity index (χ3v) is 5.58. The van der Waals surface area contributed by atoms with E-state index in [9.17, 15) is 14.7 Å². The molecule has 0 aliphatic heterocycles. The Labute approximate surface area is 163 Å². The van der Waals surface area contributed by atoms with Gasteiger partial charge in [-0.05, 0) is 31.6 Å². The highest BCUT2D eigenvalue weighted by Crippen LogP contribution is 2.36. The fourth-order valence-corrected chi connectivity index (χ4v) is 3.65. The van der Waals surface area contributed by atoms with Gasteiger partial charge in [0.15, 0.2) is 0 Å². The molecule has 1 aliphatic rings. The molecule has 1 fully saturated rings. The van der Waals surface area contributed by atoms with Crippen LogP contribution in [0.1, 0.15) is 65.2 Å². The molecule has 0 aromatic carbocycles. The number of aliphatic hydroxyl groups excluding tert-OH is 1. The molecule has 27 heavy (non-hydrogen) atoms. The lowest BCUT2D eigenvalue weighted by Gasteiger charge is -2.33. The second-order valence-corrected chi connectivity index (χ2v) is 7.67. The highest BCUT2D eigenvalue weighted by Gasteiger charge is 2.29. The van der Waals surface area contributed by atoms with Crippen LogP contribution in [-0.4, -0.2) is 36.4 Å². The van der Waals surface area contributed by atoms with Gasteiger partial charge in [0.25, 0.3) is 0 Å². The highest BCUT2D eigenvalue weighted by atomic mass is 16.5. The molecule has 2 unspecified atom stereocenters. The van der Waals surface area contributed by atoms with Crippen molar-refractivity contribution in [3.8, 4) is 0 Å². The standard InChI is InChI=1S/C22H36O5/c1-5-7-8-9-18-10-12-19(13-11-18)20(14-26-21(24)6-2)15-27-22(25)16(3)17(4)23/h6,17-20,23H,2-3,5,7-15H2,1,4H3. The first-order valence-electron chi connectivity index (χ1n) is 10.2. The number of unbranched alkanes of at least 4 members (excludes halogenated alkanes) is 2. The van der Waals surface area contributed by atoms with Gasteiger partial charge in [0.1, 0.15) is 0 Å². The van der Waals surface area contributed by atoms with E-state index in [0.717, 1.165) is 24.8 Å². The van der Waals surface area contributed by atoms with Crippen LogP contribution in [0.5, 0.6) is 0 Å². The van der Waals surface area contributed by atoms with Gasteiger partial charge in [0, 0.05) is 12.0 Å². The maximum absolute atomic E-state index is 12.0. The fraction of sp³-hybridized carbons (Fsp3) is 0.727. The van der Waals surface area contributed by atoms with E-state index in [-0.39, 0.29) is 24.7 Å². The van der Waals surface area contributed by atoms with Crippen molar-refractivity contribution in [2.75, 3.05) is 13.2 Å². The normalized spacial score (nSPS) is 21.7. The Morgan fingerprint density at radius 2 is 1.78 bits per heavy atom. The maximum atomic E-state index is 12.0. The van der Waals surface area contributed by atoms with E-state index in [0.29, 0.717) is 5.92 Å². The number of esters is 2. The van der Waals surface area contributed by atoms with E-state index < -0.39 is 18.0 Å². The molecule has 1 aliphatic carbocycles. The number of carbonyl (C=O) groups is 2. The smallest absolute Gasteiger partial charge is 0.336 e. The Balaban J connectivity index is 2.56. The van der Waals surface area contributed by atoms with Crippen LogP contribution in [0, 0.1) is 17.8 Å². The minimum Gasteiger partial charge on any atom is -0.462 e. The zero-order valence-electron chi connectivity index (χ0n) is 17.0. The van der Waals surface area contributed by atoms with Crippen LogP contribution in [0.2, 0.25) is 0 Å². The summed E-state index contributed by atoms with van der Waals surface area (Å²) in [4.78, 5) is 23.4. The first-order chi connectivity index (χ1) is 12.9. The first kappa shape index (κ1) is 23.4. The van der Waals surface area contributed by atoms with Crippen LogP contribution in [-0.2, 0) is 19.1 Å². The van der Waals surface area contributed by atoms with Crippen molar-refractivity contribution in [1.29, 1.82) is 0 Å². The Morgan fingerprint density at radius 3 is 2.33 bits per heavy atom. The monoisotopic (exact) mass is 380 g/mol. The highest BCUT2D eigenvalue weighted by molar-refractivity contribution is 5.88. The van der Waals surface area contributed by atoms with Gasteiger partial charge in [-0.1, -0.05) is 58.6 Å². The summed E-state index contributed by atoms with van der Waals surface area (Å²) in [5.74, 6) is 0.0295. The lowest BCUT2D eigenvalue weighted by Crippen LogP contribution is -2.31. The summed E-state index contributed by atoms with van der Waals surface area (Å²) in [5.41, 5.74) is 0.0384. The third kappa shape index (κ3) is 8.74. The van der Waals surface area contributed by atoms with Gasteiger partial charge in [0.05, 0.1) is 24.9 Å². The van der Waals surface area contributed by atoms with E-state index in [1.807, 2.05) is 0 Å². The second kappa shape index (κ2) is 12.7. The number of ether oxygens (including phenoxy) is 2. The average molecular weight is 381 g/mol. The molecular weight excluding hydrogens is 344 g/mol. The summed E-state index contributed by atoms with van der Waals surface area (Å²) >= 11 is 0. The van der Waals surface area contributed by atoms with Crippen molar-refractivity contribution in [3.05, 3.63) is 24.8 Å². The number of aliphatic hydroxyl groups is 1. The Hall–Kier alpha value is -1.62. The van der Waals surface area contributed by atoms with Gasteiger partial charge in [-0.3, -0.25) is 0 Å². The van der Waals surface area contributed by atoms with E-state index in [1.54, 1.807) is 0 Å². The summed E-state index contributed by atoms with van der Waals surface area (Å²) in [6, 6.07) is 0. The quantitative estimate of drug-likeness (QED) is 0.312. The molecule has 1 rings (SSSR count). The van der Waals surface area contributed by atoms with Crippen molar-refractivity contribution >= 4 is 11.9 Å². The Bertz CT molecular complexity index is 489. The Kier molecular flexibility index (Phi) is 11.0. The second-order valence-electron chi connectivity index (χ2n) is 7.67. The molecule has 0 aromatic rings. The molecule has 5 heteroatoms. The zero-order chi connectivity index (χ0) is 20.2. The lowest BCUT2D eigenvalue weighted by atomic mass is 9.75. The summed E-state index contributed by atoms with van der Waals surface area (Å²) < 4.78 is 10.6. The Morgan fingerprint density at radius 1 is 1.15 bits per heavy atom. The molecule has 0 bridgehead atoms. The van der Waals surface area contributed by atoms with E-state index in [4.69, 9.17) is 9.47 Å². The molecule has 0 aromatic heterocycles. The number of carbonyl (C=O) groups excluding carboxylic acids is 2. The molecule has 0 saturated heterocycles. The minimum atomic E-state index is -0.937. The summed E-state index contributed by atoms with van der Waals surface area (Å²) in [7, 11) is 0. The molecule has 0 spiro atoms. The fourth-order valence-electron chi connectivity index (χ4n) is 3.65. The lowest BCUT2D eigenvalue weighted by molar-refractivity contribution is -0.145. The minimum absolute atomic E-state index is 0.0384. The van der Waals surface area contributed by atoms with Crippen LogP contribution in [0.4, 0.5) is 0 Å².